The van der Waals surface area contributed by atoms with Gasteiger partial charge in [-0.1, -0.05) is 25.5 Å². The number of benzene rings is 2. The van der Waals surface area contributed by atoms with Crippen molar-refractivity contribution < 1.29 is 19.1 Å². The van der Waals surface area contributed by atoms with E-state index in [-0.39, 0.29) is 35.3 Å². The highest BCUT2D eigenvalue weighted by Gasteiger charge is 2.47. The quantitative estimate of drug-likeness (QED) is 0.243. The number of hydrogen-bond acceptors (Lipinski definition) is 5. The molecule has 0 radical (unpaired) electrons. The van der Waals surface area contributed by atoms with Gasteiger partial charge in [0.15, 0.2) is 0 Å². The van der Waals surface area contributed by atoms with Crippen LogP contribution >= 0.6 is 11.8 Å². The number of carbonyl (C=O) groups excluding carboxylic acids is 3. The molecule has 2 unspecified atom stereocenters. The lowest BCUT2D eigenvalue weighted by atomic mass is 9.85. The van der Waals surface area contributed by atoms with Gasteiger partial charge in [0.05, 0.1) is 29.9 Å². The highest BCUT2D eigenvalue weighted by atomic mass is 32.2. The molecule has 2 atom stereocenters. The molecule has 2 aromatic carbocycles. The minimum Gasteiger partial charge on any atom is -0.494 e. The second-order valence-corrected chi connectivity index (χ2v) is 9.27. The molecule has 0 bridgehead atoms. The lowest BCUT2D eigenvalue weighted by Crippen LogP contribution is -2.30. The lowest BCUT2D eigenvalue weighted by Gasteiger charge is -2.15. The number of imide groups is 1. The van der Waals surface area contributed by atoms with E-state index in [0.29, 0.717) is 25.1 Å². The second-order valence-electron chi connectivity index (χ2n) is 8.22. The molecule has 2 aromatic rings. The minimum atomic E-state index is -0.239. The van der Waals surface area contributed by atoms with Crippen LogP contribution in [0.3, 0.4) is 0 Å². The summed E-state index contributed by atoms with van der Waals surface area (Å²) in [5, 5.41) is 2.88. The molecule has 33 heavy (non-hydrogen) atoms. The summed E-state index contributed by atoms with van der Waals surface area (Å²) in [4.78, 5) is 40.0. The summed E-state index contributed by atoms with van der Waals surface area (Å²) in [5.74, 6) is 0.235. The molecular weight excluding hydrogens is 436 g/mol. The smallest absolute Gasteiger partial charge is 0.238 e. The monoisotopic (exact) mass is 464 g/mol. The third-order valence-electron chi connectivity index (χ3n) is 5.88. The molecule has 172 valence electrons. The van der Waals surface area contributed by atoms with Gasteiger partial charge in [-0.3, -0.25) is 19.3 Å². The summed E-state index contributed by atoms with van der Waals surface area (Å²) in [6, 6.07) is 14.6. The third-order valence-corrected chi connectivity index (χ3v) is 6.89. The molecule has 0 spiro atoms. The fraction of sp³-hybridized carbons (Fsp3) is 0.346. The van der Waals surface area contributed by atoms with Gasteiger partial charge in [-0.05, 0) is 67.8 Å². The first-order valence-corrected chi connectivity index (χ1v) is 12.3. The molecule has 4 rings (SSSR count). The molecule has 1 heterocycles. The molecule has 1 N–H and O–H groups in total. The highest BCUT2D eigenvalue weighted by molar-refractivity contribution is 8.00. The van der Waals surface area contributed by atoms with Gasteiger partial charge >= 0.3 is 0 Å². The Bertz CT molecular complexity index is 1010. The summed E-state index contributed by atoms with van der Waals surface area (Å²) >= 11 is 1.40. The zero-order valence-electron chi connectivity index (χ0n) is 18.7. The average Bonchev–Trinajstić information content (AvgIpc) is 3.09. The lowest BCUT2D eigenvalue weighted by molar-refractivity contribution is -0.122. The van der Waals surface area contributed by atoms with Gasteiger partial charge in [0.25, 0.3) is 0 Å². The van der Waals surface area contributed by atoms with Crippen LogP contribution in [-0.2, 0) is 14.4 Å². The standard InChI is InChI=1S/C26H28N2O4S/c1-2-3-16-32-20-12-8-18(9-13-20)27-24(29)17-33-21-14-10-19(11-15-21)28-25(30)22-6-4-5-7-23(22)26(28)31/h4-5,8-15,22-23H,2-3,6-7,16-17H2,1H3,(H,27,29). The van der Waals surface area contributed by atoms with Crippen molar-refractivity contribution in [2.24, 2.45) is 11.8 Å². The molecule has 2 aliphatic rings. The Kier molecular flexibility index (Phi) is 7.50. The van der Waals surface area contributed by atoms with Gasteiger partial charge in [0.1, 0.15) is 5.75 Å². The van der Waals surface area contributed by atoms with E-state index >= 15 is 0 Å². The fourth-order valence-electron chi connectivity index (χ4n) is 4.06. The van der Waals surface area contributed by atoms with Crippen molar-refractivity contribution in [2.45, 2.75) is 37.5 Å². The number of nitrogens with one attached hydrogen (secondary N) is 1. The number of amides is 3. The van der Waals surface area contributed by atoms with Crippen LogP contribution in [0, 0.1) is 11.8 Å². The summed E-state index contributed by atoms with van der Waals surface area (Å²) in [5.41, 5.74) is 1.32. The maximum atomic E-state index is 12.7. The van der Waals surface area contributed by atoms with Gasteiger partial charge in [0, 0.05) is 10.6 Å². The zero-order valence-corrected chi connectivity index (χ0v) is 19.5. The molecule has 3 amide bonds. The van der Waals surface area contributed by atoms with Gasteiger partial charge in [-0.15, -0.1) is 11.8 Å². The van der Waals surface area contributed by atoms with Crippen LogP contribution in [-0.4, -0.2) is 30.1 Å². The second kappa shape index (κ2) is 10.7. The molecular formula is C26H28N2O4S. The van der Waals surface area contributed by atoms with E-state index in [4.69, 9.17) is 4.74 Å². The Labute approximate surface area is 198 Å². The maximum Gasteiger partial charge on any atom is 0.238 e. The minimum absolute atomic E-state index is 0.106. The Balaban J connectivity index is 1.28. The average molecular weight is 465 g/mol. The van der Waals surface area contributed by atoms with E-state index in [1.54, 1.807) is 12.1 Å². The van der Waals surface area contributed by atoms with Crippen molar-refractivity contribution in [3.8, 4) is 5.75 Å². The van der Waals surface area contributed by atoms with Crippen LogP contribution in [0.15, 0.2) is 65.6 Å². The number of carbonyl (C=O) groups is 3. The Morgan fingerprint density at radius 2 is 1.64 bits per heavy atom. The van der Waals surface area contributed by atoms with Gasteiger partial charge in [-0.2, -0.15) is 0 Å². The van der Waals surface area contributed by atoms with E-state index in [9.17, 15) is 14.4 Å². The first-order chi connectivity index (χ1) is 16.1. The van der Waals surface area contributed by atoms with Crippen molar-refractivity contribution in [1.82, 2.24) is 0 Å². The molecule has 1 aliphatic heterocycles. The Hall–Kier alpha value is -3.06. The van der Waals surface area contributed by atoms with E-state index in [1.165, 1.54) is 16.7 Å². The predicted molar refractivity (Wildman–Crippen MR) is 130 cm³/mol. The summed E-state index contributed by atoms with van der Waals surface area (Å²) < 4.78 is 5.63. The maximum absolute atomic E-state index is 12.7. The van der Waals surface area contributed by atoms with Crippen molar-refractivity contribution in [3.05, 3.63) is 60.7 Å². The van der Waals surface area contributed by atoms with Crippen LogP contribution in [0.4, 0.5) is 11.4 Å². The number of anilines is 2. The highest BCUT2D eigenvalue weighted by Crippen LogP contribution is 2.38. The number of hydrogen-bond donors (Lipinski definition) is 1. The van der Waals surface area contributed by atoms with Gasteiger partial charge in [-0.25, -0.2) is 0 Å². The molecule has 6 nitrogen and oxygen atoms in total. The number of fused-ring (bicyclic) bond motifs is 1. The van der Waals surface area contributed by atoms with Crippen LogP contribution < -0.4 is 15.0 Å². The normalized spacial score (nSPS) is 19.5. The van der Waals surface area contributed by atoms with Crippen molar-refractivity contribution in [1.29, 1.82) is 0 Å². The molecule has 0 aromatic heterocycles. The zero-order chi connectivity index (χ0) is 23.2. The Morgan fingerprint density at radius 1 is 1.00 bits per heavy atom. The summed E-state index contributed by atoms with van der Waals surface area (Å²) in [6.45, 7) is 2.81. The molecule has 7 heteroatoms. The number of ether oxygens (including phenoxy) is 1. The van der Waals surface area contributed by atoms with Crippen LogP contribution in [0.1, 0.15) is 32.6 Å². The topological polar surface area (TPSA) is 75.7 Å². The third kappa shape index (κ3) is 5.47. The van der Waals surface area contributed by atoms with Crippen LogP contribution in [0.2, 0.25) is 0 Å². The SMILES string of the molecule is CCCCOc1ccc(NC(=O)CSc2ccc(N3C(=O)C4CC=CCC4C3=O)cc2)cc1. The predicted octanol–water partition coefficient (Wildman–Crippen LogP) is 5.05. The number of nitrogens with zero attached hydrogens (tertiary/aromatic N) is 1. The largest absolute Gasteiger partial charge is 0.494 e. The molecule has 1 fully saturated rings. The Morgan fingerprint density at radius 3 is 2.24 bits per heavy atom. The van der Waals surface area contributed by atoms with Crippen molar-refractivity contribution >= 4 is 40.9 Å². The van der Waals surface area contributed by atoms with Crippen molar-refractivity contribution in [2.75, 3.05) is 22.6 Å². The molecule has 1 saturated heterocycles. The van der Waals surface area contributed by atoms with Crippen LogP contribution in [0.5, 0.6) is 5.75 Å². The molecule has 1 aliphatic carbocycles. The fourth-order valence-corrected chi connectivity index (χ4v) is 4.76. The summed E-state index contributed by atoms with van der Waals surface area (Å²) in [7, 11) is 0. The number of thioether (sulfide) groups is 1. The number of rotatable bonds is 9. The van der Waals surface area contributed by atoms with E-state index in [2.05, 4.69) is 12.2 Å². The van der Waals surface area contributed by atoms with Crippen molar-refractivity contribution in [3.63, 3.8) is 0 Å². The van der Waals surface area contributed by atoms with Gasteiger partial charge in [0.2, 0.25) is 17.7 Å². The first-order valence-electron chi connectivity index (χ1n) is 11.3. The molecule has 0 saturated carbocycles. The van der Waals surface area contributed by atoms with E-state index < -0.39 is 0 Å². The van der Waals surface area contributed by atoms with Crippen LogP contribution in [0.25, 0.3) is 0 Å². The van der Waals surface area contributed by atoms with Gasteiger partial charge < -0.3 is 10.1 Å². The van der Waals surface area contributed by atoms with E-state index in [0.717, 1.165) is 29.2 Å². The van der Waals surface area contributed by atoms with E-state index in [1.807, 2.05) is 48.6 Å². The first kappa shape index (κ1) is 23.1. The number of allylic oxidation sites excluding steroid dienone is 2. The number of unbranched alkanes of at least 4 members (excludes halogenated alkanes) is 1. The summed E-state index contributed by atoms with van der Waals surface area (Å²) in [6.07, 6.45) is 7.32.